The molecule has 0 aliphatic heterocycles. The van der Waals surface area contributed by atoms with Crippen LogP contribution in [0.25, 0.3) is 22.0 Å². The predicted molar refractivity (Wildman–Crippen MR) is 174 cm³/mol. The molecule has 12 heteroatoms. The average molecular weight is 627 g/mol. The summed E-state index contributed by atoms with van der Waals surface area (Å²) >= 11 is 0. The Morgan fingerprint density at radius 1 is 0.978 bits per heavy atom. The molecule has 0 aliphatic carbocycles. The maximum Gasteiger partial charge on any atom is 0.259 e. The molecule has 5 aromatic rings. The van der Waals surface area contributed by atoms with Crippen molar-refractivity contribution in [1.29, 1.82) is 0 Å². The van der Waals surface area contributed by atoms with Crippen molar-refractivity contribution in [2.45, 2.75) is 6.54 Å². The minimum Gasteiger partial charge on any atom is -0.494 e. The summed E-state index contributed by atoms with van der Waals surface area (Å²) in [6.07, 6.45) is 7.97. The molecule has 0 saturated carbocycles. The highest BCUT2D eigenvalue weighted by Crippen LogP contribution is 2.37. The number of nitrogens with zero attached hydrogens (tertiary/aromatic N) is 4. The van der Waals surface area contributed by atoms with E-state index >= 15 is 8.78 Å². The lowest BCUT2D eigenvalue weighted by molar-refractivity contribution is -0.111. The van der Waals surface area contributed by atoms with Crippen LogP contribution in [0.2, 0.25) is 0 Å². The van der Waals surface area contributed by atoms with Crippen LogP contribution in [-0.2, 0) is 11.3 Å². The number of anilines is 3. The zero-order valence-corrected chi connectivity index (χ0v) is 25.7. The first kappa shape index (κ1) is 31.8. The molecule has 1 amide bonds. The second-order valence-electron chi connectivity index (χ2n) is 10.6. The number of benzene rings is 2. The van der Waals surface area contributed by atoms with Gasteiger partial charge in [-0.15, -0.1) is 0 Å². The number of hydrogen-bond acceptors (Lipinski definition) is 8. The number of fused-ring (bicyclic) bond motifs is 1. The second kappa shape index (κ2) is 14.0. The molecule has 5 rings (SSSR count). The van der Waals surface area contributed by atoms with Crippen molar-refractivity contribution in [1.82, 2.24) is 19.4 Å². The second-order valence-corrected chi connectivity index (χ2v) is 10.6. The van der Waals surface area contributed by atoms with Crippen molar-refractivity contribution in [2.24, 2.45) is 0 Å². The van der Waals surface area contributed by atoms with Gasteiger partial charge in [-0.3, -0.25) is 14.6 Å². The number of halogens is 2. The quantitative estimate of drug-likeness (QED) is 0.182. The fraction of sp³-hybridized carbons (Fsp3) is 0.176. The van der Waals surface area contributed by atoms with E-state index in [0.29, 0.717) is 40.2 Å². The highest BCUT2D eigenvalue weighted by molar-refractivity contribution is 5.99. The number of hydrogen-bond donors (Lipinski definition) is 2. The Bertz CT molecular complexity index is 1950. The van der Waals surface area contributed by atoms with Crippen LogP contribution in [0.1, 0.15) is 5.56 Å². The van der Waals surface area contributed by atoms with E-state index in [-0.39, 0.29) is 29.5 Å². The Morgan fingerprint density at radius 3 is 2.39 bits per heavy atom. The molecule has 0 unspecified atom stereocenters. The normalized spacial score (nSPS) is 11.3. The first-order valence-corrected chi connectivity index (χ1v) is 14.2. The molecule has 236 valence electrons. The topological polar surface area (TPSA) is 111 Å². The summed E-state index contributed by atoms with van der Waals surface area (Å²) in [7, 11) is 6.27. The Labute approximate surface area is 263 Å². The van der Waals surface area contributed by atoms with Crippen LogP contribution < -0.4 is 25.7 Å². The van der Waals surface area contributed by atoms with Crippen molar-refractivity contribution in [3.8, 4) is 22.6 Å². The Kier molecular flexibility index (Phi) is 9.67. The maximum atomic E-state index is 15.6. The van der Waals surface area contributed by atoms with Crippen LogP contribution >= 0.6 is 0 Å². The lowest BCUT2D eigenvalue weighted by atomic mass is 10.0. The number of pyridine rings is 3. The third kappa shape index (κ3) is 7.02. The van der Waals surface area contributed by atoms with Gasteiger partial charge in [-0.2, -0.15) is 0 Å². The molecular formula is C34H32F2N6O4. The Hall–Kier alpha value is -5.62. The van der Waals surface area contributed by atoms with Gasteiger partial charge in [0.15, 0.2) is 23.1 Å². The van der Waals surface area contributed by atoms with Gasteiger partial charge >= 0.3 is 0 Å². The molecular weight excluding hydrogens is 594 g/mol. The number of ether oxygens (including phenoxy) is 2. The molecule has 3 heterocycles. The highest BCUT2D eigenvalue weighted by Gasteiger charge is 2.25. The molecule has 0 spiro atoms. The van der Waals surface area contributed by atoms with Gasteiger partial charge in [0.05, 0.1) is 49.3 Å². The summed E-state index contributed by atoms with van der Waals surface area (Å²) < 4.78 is 42.9. The lowest BCUT2D eigenvalue weighted by Gasteiger charge is -2.17. The Balaban J connectivity index is 1.63. The Morgan fingerprint density at radius 2 is 1.72 bits per heavy atom. The molecule has 0 radical (unpaired) electrons. The number of likely N-dealkylation sites (N-methyl/N-ethyl adjacent to an activating group) is 1. The third-order valence-electron chi connectivity index (χ3n) is 7.03. The molecule has 2 N–H and O–H groups in total. The summed E-state index contributed by atoms with van der Waals surface area (Å²) in [6.45, 7) is 0.608. The standard InChI is InChI=1S/C34H32F2N6O4/c1-41(2)13-7-11-30(43)40-23-9-5-8-21(14-23)20-42-26-16-29(39-24-10-6-12-37-19-24)38-18-22(26)15-25(34(42)44)31-32(35)27(45-3)17-28(46-4)33(31)36/h5-12,14-19H,13,20H2,1-4H3,(H,38,39)(H,40,43)/b11-7+. The van der Waals surface area contributed by atoms with Gasteiger partial charge in [0.25, 0.3) is 5.56 Å². The molecule has 2 aromatic carbocycles. The van der Waals surface area contributed by atoms with Gasteiger partial charge in [0, 0.05) is 48.2 Å². The monoisotopic (exact) mass is 626 g/mol. The van der Waals surface area contributed by atoms with Crippen molar-refractivity contribution < 1.29 is 23.0 Å². The number of amides is 1. The summed E-state index contributed by atoms with van der Waals surface area (Å²) in [6, 6.07) is 14.7. The van der Waals surface area contributed by atoms with Crippen LogP contribution in [0.15, 0.2) is 90.1 Å². The molecule has 0 saturated heterocycles. The van der Waals surface area contributed by atoms with Gasteiger partial charge in [-0.05, 0) is 50.0 Å². The number of nitrogens with one attached hydrogen (secondary N) is 2. The van der Waals surface area contributed by atoms with Gasteiger partial charge < -0.3 is 29.6 Å². The third-order valence-corrected chi connectivity index (χ3v) is 7.03. The first-order chi connectivity index (χ1) is 22.2. The van der Waals surface area contributed by atoms with Crippen LogP contribution in [0, 0.1) is 11.6 Å². The fourth-order valence-electron chi connectivity index (χ4n) is 4.87. The SMILES string of the molecule is COc1cc(OC)c(F)c(-c2cc3cnc(Nc4cccnc4)cc3n(Cc3cccc(NC(=O)/C=C/CN(C)C)c3)c2=O)c1F. The largest absolute Gasteiger partial charge is 0.494 e. The van der Waals surface area contributed by atoms with E-state index in [4.69, 9.17) is 9.47 Å². The van der Waals surface area contributed by atoms with Crippen LogP contribution in [-0.4, -0.2) is 60.2 Å². The molecule has 0 fully saturated rings. The van der Waals surface area contributed by atoms with Gasteiger partial charge in [0.1, 0.15) is 5.82 Å². The van der Waals surface area contributed by atoms with Crippen molar-refractivity contribution in [3.63, 3.8) is 0 Å². The molecule has 3 aromatic heterocycles. The van der Waals surface area contributed by atoms with E-state index in [2.05, 4.69) is 20.6 Å². The van der Waals surface area contributed by atoms with E-state index in [1.807, 2.05) is 25.1 Å². The predicted octanol–water partition coefficient (Wildman–Crippen LogP) is 5.60. The van der Waals surface area contributed by atoms with Crippen molar-refractivity contribution >= 4 is 34.0 Å². The van der Waals surface area contributed by atoms with Crippen molar-refractivity contribution in [3.05, 3.63) is 113 Å². The number of aromatic nitrogens is 3. The van der Waals surface area contributed by atoms with Gasteiger partial charge in [0.2, 0.25) is 5.91 Å². The fourth-order valence-corrected chi connectivity index (χ4v) is 4.87. The zero-order chi connectivity index (χ0) is 32.8. The van der Waals surface area contributed by atoms with Gasteiger partial charge in [-0.25, -0.2) is 13.8 Å². The first-order valence-electron chi connectivity index (χ1n) is 14.2. The smallest absolute Gasteiger partial charge is 0.259 e. The van der Waals surface area contributed by atoms with Crippen LogP contribution in [0.3, 0.4) is 0 Å². The van der Waals surface area contributed by atoms with E-state index in [1.54, 1.807) is 54.9 Å². The van der Waals surface area contributed by atoms with E-state index < -0.39 is 22.8 Å². The van der Waals surface area contributed by atoms with E-state index in [1.165, 1.54) is 37.1 Å². The number of carbonyl (C=O) groups is 1. The van der Waals surface area contributed by atoms with Crippen LogP contribution in [0.5, 0.6) is 11.5 Å². The average Bonchev–Trinajstić information content (AvgIpc) is 3.04. The lowest BCUT2D eigenvalue weighted by Crippen LogP contribution is -2.24. The summed E-state index contributed by atoms with van der Waals surface area (Å²) in [5.41, 5.74) is 0.798. The number of methoxy groups -OCH3 is 2. The number of carbonyl (C=O) groups excluding carboxylic acids is 1. The molecule has 10 nitrogen and oxygen atoms in total. The van der Waals surface area contributed by atoms with Crippen molar-refractivity contribution in [2.75, 3.05) is 45.5 Å². The van der Waals surface area contributed by atoms with E-state index in [9.17, 15) is 9.59 Å². The minimum atomic E-state index is -1.04. The maximum absolute atomic E-state index is 15.6. The molecule has 46 heavy (non-hydrogen) atoms. The minimum absolute atomic E-state index is 0.00401. The number of rotatable bonds is 11. The zero-order valence-electron chi connectivity index (χ0n) is 25.7. The summed E-state index contributed by atoms with van der Waals surface area (Å²) in [5.74, 6) is -2.53. The molecule has 0 atom stereocenters. The summed E-state index contributed by atoms with van der Waals surface area (Å²) in [5, 5.41) is 6.43. The molecule has 0 bridgehead atoms. The highest BCUT2D eigenvalue weighted by atomic mass is 19.1. The van der Waals surface area contributed by atoms with E-state index in [0.717, 1.165) is 6.07 Å². The summed E-state index contributed by atoms with van der Waals surface area (Å²) in [4.78, 5) is 37.2. The molecule has 0 aliphatic rings. The van der Waals surface area contributed by atoms with Gasteiger partial charge in [-0.1, -0.05) is 18.2 Å². The van der Waals surface area contributed by atoms with Crippen LogP contribution in [0.4, 0.5) is 26.0 Å².